The Kier molecular flexibility index (Phi) is 3.92. The van der Waals surface area contributed by atoms with Crippen molar-refractivity contribution in [3.63, 3.8) is 0 Å². The first-order chi connectivity index (χ1) is 9.65. The molecule has 21 heavy (non-hydrogen) atoms. The minimum atomic E-state index is -2.93. The van der Waals surface area contributed by atoms with E-state index in [1.54, 1.807) is 0 Å². The number of carbonyl (C=O) groups is 2. The van der Waals surface area contributed by atoms with Crippen LogP contribution in [0.5, 0.6) is 0 Å². The zero-order valence-electron chi connectivity index (χ0n) is 10.6. The molecule has 2 aliphatic heterocycles. The van der Waals surface area contributed by atoms with E-state index in [9.17, 15) is 30.0 Å². The Labute approximate surface area is 117 Å². The molecule has 0 aliphatic carbocycles. The van der Waals surface area contributed by atoms with E-state index < -0.39 is 61.1 Å². The number of rotatable bonds is 1. The number of esters is 2. The molecule has 2 aliphatic rings. The summed E-state index contributed by atoms with van der Waals surface area (Å²) in [7, 11) is 0. The summed E-state index contributed by atoms with van der Waals surface area (Å²) in [5.41, 5.74) is 5.33. The van der Waals surface area contributed by atoms with Gasteiger partial charge in [-0.2, -0.15) is 0 Å². The SMILES string of the molecule is NC1CC(=O)OC2(OC1=O)O[C@@](O)(CO)[C@@H](O)[C@H](O)[C@@H]2O. The molecule has 2 rings (SSSR count). The number of nitrogens with two attached hydrogens (primary N) is 1. The van der Waals surface area contributed by atoms with Crippen LogP contribution in [-0.2, 0) is 23.8 Å². The highest BCUT2D eigenvalue weighted by atomic mass is 16.9. The average molecular weight is 309 g/mol. The molecule has 120 valence electrons. The minimum absolute atomic E-state index is 0.590. The van der Waals surface area contributed by atoms with E-state index in [0.717, 1.165) is 0 Å². The molecule has 1 spiro atoms. The predicted octanol–water partition coefficient (Wildman–Crippen LogP) is -4.75. The minimum Gasteiger partial charge on any atom is -0.396 e. The van der Waals surface area contributed by atoms with Gasteiger partial charge in [0.2, 0.25) is 5.79 Å². The molecule has 0 aromatic heterocycles. The van der Waals surface area contributed by atoms with Gasteiger partial charge >= 0.3 is 17.9 Å². The second-order valence-corrected chi connectivity index (χ2v) is 4.79. The van der Waals surface area contributed by atoms with Crippen LogP contribution in [0.2, 0.25) is 0 Å². The average Bonchev–Trinajstić information content (AvgIpc) is 2.52. The van der Waals surface area contributed by atoms with Crippen LogP contribution in [-0.4, -0.2) is 80.2 Å². The van der Waals surface area contributed by atoms with Crippen molar-refractivity contribution in [2.75, 3.05) is 6.61 Å². The summed E-state index contributed by atoms with van der Waals surface area (Å²) in [6, 6.07) is -1.40. The number of hydrogen-bond donors (Lipinski definition) is 6. The highest BCUT2D eigenvalue weighted by Gasteiger charge is 2.66. The lowest BCUT2D eigenvalue weighted by Crippen LogP contribution is -2.72. The number of carbonyl (C=O) groups excluding carboxylic acids is 2. The number of hydrogen-bond acceptors (Lipinski definition) is 11. The molecule has 11 heteroatoms. The molecule has 0 radical (unpaired) electrons. The molecule has 11 nitrogen and oxygen atoms in total. The number of aliphatic hydroxyl groups excluding tert-OH is 4. The monoisotopic (exact) mass is 309 g/mol. The van der Waals surface area contributed by atoms with Gasteiger partial charge in [-0.1, -0.05) is 0 Å². The Morgan fingerprint density at radius 3 is 2.38 bits per heavy atom. The second kappa shape index (κ2) is 5.14. The van der Waals surface area contributed by atoms with Gasteiger partial charge in [-0.15, -0.1) is 0 Å². The predicted molar refractivity (Wildman–Crippen MR) is 58.6 cm³/mol. The van der Waals surface area contributed by atoms with Crippen molar-refractivity contribution in [3.05, 3.63) is 0 Å². The Morgan fingerprint density at radius 1 is 1.19 bits per heavy atom. The van der Waals surface area contributed by atoms with Crippen molar-refractivity contribution in [2.45, 2.75) is 42.5 Å². The highest BCUT2D eigenvalue weighted by Crippen LogP contribution is 2.38. The molecule has 0 bridgehead atoms. The van der Waals surface area contributed by atoms with Crippen molar-refractivity contribution in [3.8, 4) is 0 Å². The standard InChI is InChI=1S/C10H15NO10/c11-3-1-4(13)19-10(20-8(3)17)7(16)5(14)6(15)9(18,2-12)21-10/h3,5-7,12,14-16,18H,1-2,11H2/t3?,5-,6-,7-,9-,10?/m0/s1. The van der Waals surface area contributed by atoms with Crippen molar-refractivity contribution < 1.29 is 49.3 Å². The maximum Gasteiger partial charge on any atom is 0.409 e. The molecule has 7 N–H and O–H groups in total. The fourth-order valence-corrected chi connectivity index (χ4v) is 2.00. The third kappa shape index (κ3) is 2.48. The van der Waals surface area contributed by atoms with Gasteiger partial charge in [0.1, 0.15) is 24.9 Å². The fraction of sp³-hybridized carbons (Fsp3) is 0.800. The van der Waals surface area contributed by atoms with Gasteiger partial charge in [-0.05, 0) is 0 Å². The number of ether oxygens (including phenoxy) is 3. The zero-order chi connectivity index (χ0) is 16.0. The Balaban J connectivity index is 2.43. The van der Waals surface area contributed by atoms with Gasteiger partial charge in [0.25, 0.3) is 0 Å². The van der Waals surface area contributed by atoms with E-state index in [-0.39, 0.29) is 0 Å². The molecule has 2 unspecified atom stereocenters. The van der Waals surface area contributed by atoms with E-state index in [2.05, 4.69) is 9.47 Å². The van der Waals surface area contributed by atoms with Crippen LogP contribution in [0.4, 0.5) is 0 Å². The van der Waals surface area contributed by atoms with Crippen LogP contribution in [0.25, 0.3) is 0 Å². The lowest BCUT2D eigenvalue weighted by Gasteiger charge is -2.48. The summed E-state index contributed by atoms with van der Waals surface area (Å²) in [5, 5.41) is 48.1. The van der Waals surface area contributed by atoms with Crippen LogP contribution in [0.1, 0.15) is 6.42 Å². The van der Waals surface area contributed by atoms with Crippen molar-refractivity contribution in [2.24, 2.45) is 5.73 Å². The highest BCUT2D eigenvalue weighted by molar-refractivity contribution is 5.84. The molecular formula is C10H15NO10. The van der Waals surface area contributed by atoms with Gasteiger partial charge in [0, 0.05) is 0 Å². The van der Waals surface area contributed by atoms with Crippen molar-refractivity contribution in [1.82, 2.24) is 0 Å². The van der Waals surface area contributed by atoms with Crippen LogP contribution < -0.4 is 5.73 Å². The van der Waals surface area contributed by atoms with Crippen LogP contribution in [0.15, 0.2) is 0 Å². The molecular weight excluding hydrogens is 294 g/mol. The summed E-state index contributed by atoms with van der Waals surface area (Å²) >= 11 is 0. The lowest BCUT2D eigenvalue weighted by atomic mass is 9.95. The van der Waals surface area contributed by atoms with E-state index in [1.807, 2.05) is 0 Å². The maximum atomic E-state index is 11.6. The third-order valence-corrected chi connectivity index (χ3v) is 3.21. The second-order valence-electron chi connectivity index (χ2n) is 4.79. The van der Waals surface area contributed by atoms with E-state index >= 15 is 0 Å². The smallest absolute Gasteiger partial charge is 0.396 e. The van der Waals surface area contributed by atoms with Gasteiger partial charge in [0.05, 0.1) is 6.42 Å². The topological polar surface area (TPSA) is 189 Å². The molecule has 2 heterocycles. The summed E-state index contributed by atoms with van der Waals surface area (Å²) in [6.07, 6.45) is -7.13. The largest absolute Gasteiger partial charge is 0.409 e. The quantitative estimate of drug-likeness (QED) is 0.255. The molecule has 0 amide bonds. The van der Waals surface area contributed by atoms with Gasteiger partial charge in [-0.3, -0.25) is 14.3 Å². The summed E-state index contributed by atoms with van der Waals surface area (Å²) in [5.74, 6) is -8.09. The van der Waals surface area contributed by atoms with Gasteiger partial charge in [-0.25, -0.2) is 0 Å². The molecule has 0 saturated carbocycles. The number of aliphatic hydroxyl groups is 5. The Morgan fingerprint density at radius 2 is 1.81 bits per heavy atom. The van der Waals surface area contributed by atoms with Gasteiger partial charge < -0.3 is 40.7 Å². The van der Waals surface area contributed by atoms with Crippen molar-refractivity contribution >= 4 is 11.9 Å². The fourth-order valence-electron chi connectivity index (χ4n) is 2.00. The molecule has 0 aromatic carbocycles. The lowest BCUT2D eigenvalue weighted by molar-refractivity contribution is -0.489. The Hall–Kier alpha value is -1.34. The summed E-state index contributed by atoms with van der Waals surface area (Å²) in [6.45, 7) is -1.25. The Bertz CT molecular complexity index is 457. The summed E-state index contributed by atoms with van der Waals surface area (Å²) < 4.78 is 14.0. The normalized spacial score (nSPS) is 47.7. The first kappa shape index (κ1) is 16.0. The van der Waals surface area contributed by atoms with Gasteiger partial charge in [0.15, 0.2) is 6.10 Å². The summed E-state index contributed by atoms with van der Waals surface area (Å²) in [4.78, 5) is 23.1. The maximum absolute atomic E-state index is 11.6. The first-order valence-corrected chi connectivity index (χ1v) is 5.93. The van der Waals surface area contributed by atoms with Crippen molar-refractivity contribution in [1.29, 1.82) is 0 Å². The molecule has 2 fully saturated rings. The van der Waals surface area contributed by atoms with E-state index in [0.29, 0.717) is 0 Å². The van der Waals surface area contributed by atoms with Crippen LogP contribution in [0, 0.1) is 0 Å². The molecule has 0 aromatic rings. The van der Waals surface area contributed by atoms with Crippen LogP contribution >= 0.6 is 0 Å². The zero-order valence-corrected chi connectivity index (χ0v) is 10.6. The third-order valence-electron chi connectivity index (χ3n) is 3.21. The molecule has 2 saturated heterocycles. The van der Waals surface area contributed by atoms with Crippen LogP contribution in [0.3, 0.4) is 0 Å². The van der Waals surface area contributed by atoms with E-state index in [1.165, 1.54) is 0 Å². The molecule has 6 atom stereocenters. The van der Waals surface area contributed by atoms with E-state index in [4.69, 9.17) is 15.6 Å². The first-order valence-electron chi connectivity index (χ1n) is 5.93.